The van der Waals surface area contributed by atoms with Gasteiger partial charge in [-0.3, -0.25) is 40.5 Å². The van der Waals surface area contributed by atoms with Gasteiger partial charge < -0.3 is 0 Å². The number of hydrogen-bond donors (Lipinski definition) is 0. The van der Waals surface area contributed by atoms with Crippen molar-refractivity contribution in [1.82, 2.24) is 0 Å². The normalized spacial score (nSPS) is 10.5. The first kappa shape index (κ1) is 18.5. The fraction of sp³-hybridized carbons (Fsp3) is 0. The van der Waals surface area contributed by atoms with Gasteiger partial charge in [0.15, 0.2) is 0 Å². The van der Waals surface area contributed by atoms with Crippen molar-refractivity contribution in [2.24, 2.45) is 0 Å². The molecule has 0 saturated heterocycles. The Kier molecular flexibility index (Phi) is 4.97. The number of nitrogens with zero attached hydrogens (tertiary/aromatic N) is 4. The second-order valence-electron chi connectivity index (χ2n) is 4.54. The van der Waals surface area contributed by atoms with E-state index in [-0.39, 0.29) is 0 Å². The van der Waals surface area contributed by atoms with Gasteiger partial charge in [-0.15, -0.1) is 0 Å². The number of para-hydroxylation sites is 2. The average Bonchev–Trinajstić information content (AvgIpc) is 2.59. The first-order valence-electron chi connectivity index (χ1n) is 6.42. The maximum absolute atomic E-state index is 12.7. The second kappa shape index (κ2) is 6.98. The minimum atomic E-state index is -2.66. The summed E-state index contributed by atoms with van der Waals surface area (Å²) in [6.45, 7) is 0. The van der Waals surface area contributed by atoms with Crippen molar-refractivity contribution in [3.8, 4) is 0 Å². The number of benzene rings is 2. The quantitative estimate of drug-likeness (QED) is 0.533. The van der Waals surface area contributed by atoms with Crippen molar-refractivity contribution in [3.63, 3.8) is 0 Å². The molecule has 0 radical (unpaired) electrons. The molecule has 0 aliphatic rings. The van der Waals surface area contributed by atoms with Crippen molar-refractivity contribution in [2.75, 3.05) is 0 Å². The number of nitro benzene ring substituents is 4. The summed E-state index contributed by atoms with van der Waals surface area (Å²) in [5.74, 6) is 0. The number of rotatable bonds is 6. The van der Waals surface area contributed by atoms with Crippen molar-refractivity contribution in [1.29, 1.82) is 0 Å². The minimum absolute atomic E-state index is 0.687. The Labute approximate surface area is 144 Å². The number of nitro groups is 4. The third kappa shape index (κ3) is 3.20. The van der Waals surface area contributed by atoms with Crippen LogP contribution >= 0.6 is 0 Å². The maximum atomic E-state index is 12.7. The van der Waals surface area contributed by atoms with Crippen LogP contribution in [0.3, 0.4) is 0 Å². The molecule has 2 aromatic rings. The molecule has 13 nitrogen and oxygen atoms in total. The Bertz CT molecular complexity index is 913. The maximum Gasteiger partial charge on any atom is 0.362 e. The Morgan fingerprint density at radius 3 is 1.23 bits per heavy atom. The first-order valence-corrected chi connectivity index (χ1v) is 7.57. The Morgan fingerprint density at radius 2 is 0.962 bits per heavy atom. The van der Waals surface area contributed by atoms with Gasteiger partial charge in [0.1, 0.15) is 9.79 Å². The Balaban J connectivity index is 2.80. The number of hydrogen-bond acceptors (Lipinski definition) is 9. The Hall–Kier alpha value is -3.81. The smallest absolute Gasteiger partial charge is 0.258 e. The van der Waals surface area contributed by atoms with E-state index in [2.05, 4.69) is 0 Å². The van der Waals surface area contributed by atoms with Crippen molar-refractivity contribution < 1.29 is 23.9 Å². The van der Waals surface area contributed by atoms with Crippen LogP contribution < -0.4 is 0 Å². The predicted molar refractivity (Wildman–Crippen MR) is 84.2 cm³/mol. The SMILES string of the molecule is O=[N+]([O-])c1cccc(S(=O)c2cccc([N+](=O)[O-])c2[N+](=O)[O-])c1[N+](=O)[O-]. The monoisotopic (exact) mass is 382 g/mol. The van der Waals surface area contributed by atoms with E-state index in [9.17, 15) is 44.7 Å². The van der Waals surface area contributed by atoms with Gasteiger partial charge in [0.05, 0.1) is 30.5 Å². The molecule has 2 rings (SSSR count). The summed E-state index contributed by atoms with van der Waals surface area (Å²) in [7, 11) is -2.66. The molecule has 0 saturated carbocycles. The van der Waals surface area contributed by atoms with Crippen LogP contribution in [0.5, 0.6) is 0 Å². The molecule has 2 aromatic carbocycles. The van der Waals surface area contributed by atoms with Gasteiger partial charge in [0, 0.05) is 12.1 Å². The zero-order valence-corrected chi connectivity index (χ0v) is 13.2. The molecule has 0 N–H and O–H groups in total. The van der Waals surface area contributed by atoms with Crippen molar-refractivity contribution in [3.05, 3.63) is 76.9 Å². The average molecular weight is 382 g/mol. The molecule has 0 spiro atoms. The van der Waals surface area contributed by atoms with Crippen LogP contribution in [-0.4, -0.2) is 23.9 Å². The third-order valence-electron chi connectivity index (χ3n) is 3.11. The van der Waals surface area contributed by atoms with E-state index in [1.807, 2.05) is 0 Å². The zero-order chi connectivity index (χ0) is 19.6. The van der Waals surface area contributed by atoms with Gasteiger partial charge in [-0.25, -0.2) is 4.21 Å². The van der Waals surface area contributed by atoms with Crippen LogP contribution in [0.4, 0.5) is 22.7 Å². The summed E-state index contributed by atoms with van der Waals surface area (Å²) in [6.07, 6.45) is 0. The highest BCUT2D eigenvalue weighted by Gasteiger charge is 2.36. The molecule has 0 aliphatic heterocycles. The van der Waals surface area contributed by atoms with Crippen LogP contribution in [0.15, 0.2) is 46.2 Å². The topological polar surface area (TPSA) is 190 Å². The van der Waals surface area contributed by atoms with Gasteiger partial charge >= 0.3 is 22.7 Å². The fourth-order valence-electron chi connectivity index (χ4n) is 2.10. The van der Waals surface area contributed by atoms with Crippen LogP contribution in [0.2, 0.25) is 0 Å². The second-order valence-corrected chi connectivity index (χ2v) is 5.96. The van der Waals surface area contributed by atoms with Gasteiger partial charge in [0.25, 0.3) is 0 Å². The lowest BCUT2D eigenvalue weighted by molar-refractivity contribution is -0.424. The van der Waals surface area contributed by atoms with E-state index in [0.717, 1.165) is 36.4 Å². The third-order valence-corrected chi connectivity index (χ3v) is 4.57. The van der Waals surface area contributed by atoms with Gasteiger partial charge in [0.2, 0.25) is 0 Å². The van der Waals surface area contributed by atoms with Gasteiger partial charge in [-0.2, -0.15) is 0 Å². The molecule has 0 unspecified atom stereocenters. The molecule has 0 fully saturated rings. The first-order chi connectivity index (χ1) is 12.2. The predicted octanol–water partition coefficient (Wildman–Crippen LogP) is 2.49. The highest BCUT2D eigenvalue weighted by atomic mass is 32.2. The molecular formula is C12H6N4O9S. The standard InChI is InChI=1S/C12H6N4O9S/c17-13(18)7-3-1-5-9(11(7)15(21)22)26(25)10-6-2-4-8(14(19)20)12(10)16(23)24/h1-6H. The molecule has 0 aliphatic carbocycles. The zero-order valence-electron chi connectivity index (χ0n) is 12.3. The minimum Gasteiger partial charge on any atom is -0.258 e. The molecule has 0 aromatic heterocycles. The van der Waals surface area contributed by atoms with Gasteiger partial charge in [-0.05, 0) is 12.1 Å². The lowest BCUT2D eigenvalue weighted by atomic mass is 10.2. The molecule has 134 valence electrons. The van der Waals surface area contributed by atoms with E-state index < -0.39 is 63.0 Å². The van der Waals surface area contributed by atoms with Crippen molar-refractivity contribution >= 4 is 33.5 Å². The van der Waals surface area contributed by atoms with Crippen LogP contribution in [0.25, 0.3) is 0 Å². The van der Waals surface area contributed by atoms with E-state index in [4.69, 9.17) is 0 Å². The summed E-state index contributed by atoms with van der Waals surface area (Å²) in [6, 6.07) is 5.48. The molecule has 26 heavy (non-hydrogen) atoms. The lowest BCUT2D eigenvalue weighted by Crippen LogP contribution is -2.06. The van der Waals surface area contributed by atoms with E-state index in [1.54, 1.807) is 0 Å². The van der Waals surface area contributed by atoms with E-state index in [0.29, 0.717) is 0 Å². The van der Waals surface area contributed by atoms with E-state index in [1.165, 1.54) is 0 Å². The molecular weight excluding hydrogens is 376 g/mol. The molecule has 0 atom stereocenters. The Morgan fingerprint density at radius 1 is 0.615 bits per heavy atom. The summed E-state index contributed by atoms with van der Waals surface area (Å²) < 4.78 is 12.7. The van der Waals surface area contributed by atoms with Crippen LogP contribution in [0, 0.1) is 40.5 Å². The molecule has 0 amide bonds. The molecule has 0 bridgehead atoms. The van der Waals surface area contributed by atoms with E-state index >= 15 is 0 Å². The molecule has 0 heterocycles. The van der Waals surface area contributed by atoms with Crippen LogP contribution in [0.1, 0.15) is 0 Å². The van der Waals surface area contributed by atoms with Crippen LogP contribution in [-0.2, 0) is 10.8 Å². The van der Waals surface area contributed by atoms with Crippen molar-refractivity contribution in [2.45, 2.75) is 9.79 Å². The fourth-order valence-corrected chi connectivity index (χ4v) is 3.45. The molecule has 14 heteroatoms. The largest absolute Gasteiger partial charge is 0.362 e. The summed E-state index contributed by atoms with van der Waals surface area (Å²) in [5, 5.41) is 44.3. The summed E-state index contributed by atoms with van der Waals surface area (Å²) in [5.41, 5.74) is -4.16. The summed E-state index contributed by atoms with van der Waals surface area (Å²) in [4.78, 5) is 38.5. The highest BCUT2D eigenvalue weighted by Crippen LogP contribution is 2.39. The highest BCUT2D eigenvalue weighted by molar-refractivity contribution is 7.85. The summed E-state index contributed by atoms with van der Waals surface area (Å²) >= 11 is 0. The lowest BCUT2D eigenvalue weighted by Gasteiger charge is -2.05. The van der Waals surface area contributed by atoms with Gasteiger partial charge in [-0.1, -0.05) is 12.1 Å².